The van der Waals surface area contributed by atoms with Gasteiger partial charge in [-0.05, 0) is 26.0 Å². The number of hydrogen-bond acceptors (Lipinski definition) is 3. The van der Waals surface area contributed by atoms with Crippen LogP contribution in [-0.2, 0) is 4.79 Å². The van der Waals surface area contributed by atoms with E-state index in [4.69, 9.17) is 9.84 Å². The predicted octanol–water partition coefficient (Wildman–Crippen LogP) is 2.67. The monoisotopic (exact) mass is 253 g/mol. The summed E-state index contributed by atoms with van der Waals surface area (Å²) in [6.07, 6.45) is 1.52. The van der Waals surface area contributed by atoms with E-state index in [1.165, 1.54) is 25.1 Å². The molecule has 0 saturated heterocycles. The van der Waals surface area contributed by atoms with Gasteiger partial charge in [0, 0.05) is 23.9 Å². The summed E-state index contributed by atoms with van der Waals surface area (Å²) in [7, 11) is 0. The normalized spacial score (nSPS) is 11.2. The van der Waals surface area contributed by atoms with E-state index in [1.54, 1.807) is 13.0 Å². The van der Waals surface area contributed by atoms with Crippen LogP contribution in [0.4, 0.5) is 10.1 Å². The highest BCUT2D eigenvalue weighted by molar-refractivity contribution is 5.85. The van der Waals surface area contributed by atoms with Gasteiger partial charge in [-0.25, -0.2) is 9.18 Å². The molecule has 0 bridgehead atoms. The molecule has 0 radical (unpaired) electrons. The van der Waals surface area contributed by atoms with Gasteiger partial charge < -0.3 is 15.2 Å². The molecule has 0 atom stereocenters. The molecule has 0 saturated carbocycles. The Bertz CT molecular complexity index is 458. The third-order valence-electron chi connectivity index (χ3n) is 2.28. The number of nitrogens with one attached hydrogen (secondary N) is 1. The number of halogens is 1. The number of carbonyl (C=O) groups is 1. The molecule has 18 heavy (non-hydrogen) atoms. The first-order valence-electron chi connectivity index (χ1n) is 5.61. The van der Waals surface area contributed by atoms with E-state index in [0.29, 0.717) is 18.8 Å². The first-order valence-corrected chi connectivity index (χ1v) is 5.61. The molecule has 5 heteroatoms. The quantitative estimate of drug-likeness (QED) is 0.765. The molecule has 1 aromatic rings. The van der Waals surface area contributed by atoms with Crippen LogP contribution in [0.1, 0.15) is 13.8 Å². The Morgan fingerprint density at radius 2 is 2.28 bits per heavy atom. The van der Waals surface area contributed by atoms with Crippen LogP contribution in [0.15, 0.2) is 29.8 Å². The second kappa shape index (κ2) is 6.64. The van der Waals surface area contributed by atoms with E-state index < -0.39 is 11.8 Å². The van der Waals surface area contributed by atoms with Gasteiger partial charge in [-0.15, -0.1) is 0 Å². The average Bonchev–Trinajstić information content (AvgIpc) is 2.32. The van der Waals surface area contributed by atoms with Gasteiger partial charge in [-0.2, -0.15) is 0 Å². The second-order valence-corrected chi connectivity index (χ2v) is 3.65. The van der Waals surface area contributed by atoms with Crippen molar-refractivity contribution in [1.29, 1.82) is 0 Å². The molecule has 4 nitrogen and oxygen atoms in total. The first-order chi connectivity index (χ1) is 8.54. The Morgan fingerprint density at radius 3 is 2.83 bits per heavy atom. The molecule has 98 valence electrons. The van der Waals surface area contributed by atoms with Gasteiger partial charge in [0.1, 0.15) is 0 Å². The summed E-state index contributed by atoms with van der Waals surface area (Å²) in [5.74, 6) is -1.20. The molecule has 2 N–H and O–H groups in total. The topological polar surface area (TPSA) is 58.6 Å². The van der Waals surface area contributed by atoms with E-state index in [2.05, 4.69) is 5.32 Å². The van der Waals surface area contributed by atoms with Gasteiger partial charge in [-0.1, -0.05) is 6.08 Å². The standard InChI is InChI=1S/C13H16FNO3/c1-3-18-12-5-4-10(8-11(12)14)15-7-6-9(2)13(16)17/h4-6,8,15H,3,7H2,1-2H3,(H,16,17)/b9-6-. The molecule has 0 aliphatic rings. The van der Waals surface area contributed by atoms with Gasteiger partial charge in [0.2, 0.25) is 0 Å². The summed E-state index contributed by atoms with van der Waals surface area (Å²) >= 11 is 0. The Kier molecular flexibility index (Phi) is 5.17. The highest BCUT2D eigenvalue weighted by Gasteiger charge is 2.03. The summed E-state index contributed by atoms with van der Waals surface area (Å²) in [5.41, 5.74) is 0.819. The van der Waals surface area contributed by atoms with Crippen molar-refractivity contribution >= 4 is 11.7 Å². The van der Waals surface area contributed by atoms with Crippen LogP contribution in [0.2, 0.25) is 0 Å². The summed E-state index contributed by atoms with van der Waals surface area (Å²) in [4.78, 5) is 10.5. The lowest BCUT2D eigenvalue weighted by Gasteiger charge is -2.08. The van der Waals surface area contributed by atoms with Crippen LogP contribution in [0.3, 0.4) is 0 Å². The van der Waals surface area contributed by atoms with Crippen molar-refractivity contribution in [3.05, 3.63) is 35.7 Å². The molecule has 0 unspecified atom stereocenters. The zero-order chi connectivity index (χ0) is 13.5. The third-order valence-corrected chi connectivity index (χ3v) is 2.28. The Morgan fingerprint density at radius 1 is 1.56 bits per heavy atom. The lowest BCUT2D eigenvalue weighted by Crippen LogP contribution is -2.03. The number of carboxylic acids is 1. The molecule has 0 heterocycles. The van der Waals surface area contributed by atoms with E-state index in [9.17, 15) is 9.18 Å². The molecule has 0 aliphatic carbocycles. The molecule has 0 spiro atoms. The minimum absolute atomic E-state index is 0.209. The number of carboxylic acid groups (broad SMARTS) is 1. The number of anilines is 1. The zero-order valence-corrected chi connectivity index (χ0v) is 10.4. The van der Waals surface area contributed by atoms with E-state index in [0.717, 1.165) is 0 Å². The van der Waals surface area contributed by atoms with E-state index in [-0.39, 0.29) is 11.3 Å². The van der Waals surface area contributed by atoms with Crippen molar-refractivity contribution in [1.82, 2.24) is 0 Å². The number of benzene rings is 1. The average molecular weight is 253 g/mol. The predicted molar refractivity (Wildman–Crippen MR) is 67.5 cm³/mol. The van der Waals surface area contributed by atoms with Crippen molar-refractivity contribution in [2.75, 3.05) is 18.5 Å². The van der Waals surface area contributed by atoms with E-state index in [1.807, 2.05) is 0 Å². The highest BCUT2D eigenvalue weighted by Crippen LogP contribution is 2.20. The van der Waals surface area contributed by atoms with Crippen molar-refractivity contribution in [3.63, 3.8) is 0 Å². The van der Waals surface area contributed by atoms with Crippen LogP contribution < -0.4 is 10.1 Å². The molecule has 1 aromatic carbocycles. The minimum Gasteiger partial charge on any atom is -0.491 e. The maximum Gasteiger partial charge on any atom is 0.331 e. The van der Waals surface area contributed by atoms with Crippen molar-refractivity contribution < 1.29 is 19.0 Å². The summed E-state index contributed by atoms with van der Waals surface area (Å²) in [6, 6.07) is 4.53. The van der Waals surface area contributed by atoms with Gasteiger partial charge in [0.15, 0.2) is 11.6 Å². The fraction of sp³-hybridized carbons (Fsp3) is 0.308. The molecule has 0 amide bonds. The first kappa shape index (κ1) is 14.0. The number of hydrogen-bond donors (Lipinski definition) is 2. The smallest absolute Gasteiger partial charge is 0.331 e. The van der Waals surface area contributed by atoms with Gasteiger partial charge in [-0.3, -0.25) is 0 Å². The van der Waals surface area contributed by atoms with Crippen molar-refractivity contribution in [2.45, 2.75) is 13.8 Å². The summed E-state index contributed by atoms with van der Waals surface area (Å²) < 4.78 is 18.6. The Labute approximate surface area is 105 Å². The Balaban J connectivity index is 2.61. The Hall–Kier alpha value is -2.04. The zero-order valence-electron chi connectivity index (χ0n) is 10.4. The molecular weight excluding hydrogens is 237 g/mol. The van der Waals surface area contributed by atoms with Crippen molar-refractivity contribution in [3.8, 4) is 5.75 Å². The van der Waals surface area contributed by atoms with Crippen LogP contribution in [0.5, 0.6) is 5.75 Å². The van der Waals surface area contributed by atoms with Crippen LogP contribution >= 0.6 is 0 Å². The van der Waals surface area contributed by atoms with Crippen LogP contribution in [-0.4, -0.2) is 24.2 Å². The molecule has 0 aromatic heterocycles. The SMILES string of the molecule is CCOc1ccc(NC/C=C(/C)C(=O)O)cc1F. The largest absolute Gasteiger partial charge is 0.491 e. The summed E-state index contributed by atoms with van der Waals surface area (Å²) in [5, 5.41) is 11.6. The second-order valence-electron chi connectivity index (χ2n) is 3.65. The number of ether oxygens (including phenoxy) is 1. The van der Waals surface area contributed by atoms with Gasteiger partial charge >= 0.3 is 5.97 Å². The highest BCUT2D eigenvalue weighted by atomic mass is 19.1. The maximum atomic E-state index is 13.5. The number of aliphatic carboxylic acids is 1. The molecule has 0 aliphatic heterocycles. The fourth-order valence-corrected chi connectivity index (χ4v) is 1.29. The van der Waals surface area contributed by atoms with Crippen LogP contribution in [0, 0.1) is 5.82 Å². The van der Waals surface area contributed by atoms with Gasteiger partial charge in [0.25, 0.3) is 0 Å². The molecule has 1 rings (SSSR count). The summed E-state index contributed by atoms with van der Waals surface area (Å²) in [6.45, 7) is 4.02. The van der Waals surface area contributed by atoms with Crippen LogP contribution in [0.25, 0.3) is 0 Å². The number of rotatable bonds is 6. The molecule has 0 fully saturated rings. The third kappa shape index (κ3) is 4.08. The minimum atomic E-state index is -0.963. The van der Waals surface area contributed by atoms with Crippen molar-refractivity contribution in [2.24, 2.45) is 0 Å². The van der Waals surface area contributed by atoms with E-state index >= 15 is 0 Å². The van der Waals surface area contributed by atoms with Gasteiger partial charge in [0.05, 0.1) is 6.61 Å². The fourth-order valence-electron chi connectivity index (χ4n) is 1.29. The molecular formula is C13H16FNO3. The lowest BCUT2D eigenvalue weighted by atomic mass is 10.2. The maximum absolute atomic E-state index is 13.5. The lowest BCUT2D eigenvalue weighted by molar-refractivity contribution is -0.132.